The van der Waals surface area contributed by atoms with Crippen molar-refractivity contribution in [3.05, 3.63) is 46.3 Å². The van der Waals surface area contributed by atoms with Gasteiger partial charge in [0.05, 0.1) is 6.61 Å². The van der Waals surface area contributed by atoms with Crippen LogP contribution in [-0.4, -0.2) is 83.9 Å². The first kappa shape index (κ1) is 24.5. The van der Waals surface area contributed by atoms with Gasteiger partial charge in [-0.15, -0.1) is 0 Å². The highest BCUT2D eigenvalue weighted by molar-refractivity contribution is 5.94. The molecule has 37 heavy (non-hydrogen) atoms. The Bertz CT molecular complexity index is 1180. The summed E-state index contributed by atoms with van der Waals surface area (Å²) in [4.78, 5) is 33.1. The lowest BCUT2D eigenvalue weighted by Crippen LogP contribution is -2.50. The summed E-state index contributed by atoms with van der Waals surface area (Å²) in [5.41, 5.74) is 6.89. The Morgan fingerprint density at radius 1 is 0.973 bits per heavy atom. The lowest BCUT2D eigenvalue weighted by Gasteiger charge is -2.38. The molecule has 8 heteroatoms. The Labute approximate surface area is 219 Å². The summed E-state index contributed by atoms with van der Waals surface area (Å²) in [5.74, 6) is 0.137. The van der Waals surface area contributed by atoms with Crippen molar-refractivity contribution in [1.29, 1.82) is 0 Å². The third-order valence-electron chi connectivity index (χ3n) is 9.34. The SMILES string of the molecule is Cc1cccc(N2CCN(C(=O)Cn3nc(C(=O)N4CCC5(CCOC5)CC4)c4c3CCC4)CC2)c1C. The van der Waals surface area contributed by atoms with Gasteiger partial charge in [-0.25, -0.2) is 0 Å². The van der Waals surface area contributed by atoms with Crippen molar-refractivity contribution < 1.29 is 14.3 Å². The number of amides is 2. The second kappa shape index (κ2) is 9.78. The third kappa shape index (κ3) is 4.54. The number of nitrogens with zero attached hydrogens (tertiary/aromatic N) is 5. The summed E-state index contributed by atoms with van der Waals surface area (Å²) >= 11 is 0. The van der Waals surface area contributed by atoms with Gasteiger partial charge < -0.3 is 19.4 Å². The number of piperidine rings is 1. The van der Waals surface area contributed by atoms with E-state index >= 15 is 0 Å². The number of carbonyl (C=O) groups is 2. The second-order valence-corrected chi connectivity index (χ2v) is 11.5. The van der Waals surface area contributed by atoms with Crippen LogP contribution in [0.2, 0.25) is 0 Å². The highest BCUT2D eigenvalue weighted by Crippen LogP contribution is 2.39. The number of aryl methyl sites for hydroxylation is 1. The van der Waals surface area contributed by atoms with Crippen LogP contribution in [0.3, 0.4) is 0 Å². The van der Waals surface area contributed by atoms with E-state index in [-0.39, 0.29) is 23.8 Å². The van der Waals surface area contributed by atoms with E-state index in [0.717, 1.165) is 89.2 Å². The number of aromatic nitrogens is 2. The maximum atomic E-state index is 13.5. The molecule has 0 saturated carbocycles. The van der Waals surface area contributed by atoms with Gasteiger partial charge in [0.25, 0.3) is 5.91 Å². The number of carbonyl (C=O) groups excluding carboxylic acids is 2. The minimum atomic E-state index is 0.0419. The molecule has 3 fully saturated rings. The molecule has 6 rings (SSSR count). The highest BCUT2D eigenvalue weighted by atomic mass is 16.5. The number of anilines is 1. The molecular formula is C29H39N5O3. The van der Waals surface area contributed by atoms with Gasteiger partial charge in [0.1, 0.15) is 6.54 Å². The van der Waals surface area contributed by atoms with Crippen molar-refractivity contribution in [1.82, 2.24) is 19.6 Å². The molecule has 2 aromatic rings. The first-order chi connectivity index (χ1) is 17.9. The van der Waals surface area contributed by atoms with Crippen molar-refractivity contribution in [2.24, 2.45) is 5.41 Å². The molecule has 0 bridgehead atoms. The fourth-order valence-electron chi connectivity index (χ4n) is 6.69. The predicted molar refractivity (Wildman–Crippen MR) is 142 cm³/mol. The lowest BCUT2D eigenvalue weighted by atomic mass is 9.78. The average Bonchev–Trinajstić information content (AvgIpc) is 3.65. The van der Waals surface area contributed by atoms with Crippen molar-refractivity contribution in [3.63, 3.8) is 0 Å². The smallest absolute Gasteiger partial charge is 0.274 e. The van der Waals surface area contributed by atoms with Gasteiger partial charge in [0.15, 0.2) is 5.69 Å². The maximum absolute atomic E-state index is 13.5. The maximum Gasteiger partial charge on any atom is 0.274 e. The standard InChI is InChI=1S/C29H39N5O3/c1-21-5-3-7-24(22(21)2)31-14-16-32(17-15-31)26(35)19-34-25-8-4-6-23(25)27(30-34)28(36)33-12-9-29(10-13-33)11-18-37-20-29/h3,5,7H,4,6,8-20H2,1-2H3. The number of hydrogen-bond acceptors (Lipinski definition) is 5. The van der Waals surface area contributed by atoms with Crippen LogP contribution in [0, 0.1) is 19.3 Å². The molecule has 0 atom stereocenters. The van der Waals surface area contributed by atoms with Crippen LogP contribution in [0.5, 0.6) is 0 Å². The number of likely N-dealkylation sites (tertiary alicyclic amines) is 1. The van der Waals surface area contributed by atoms with Crippen LogP contribution in [0.15, 0.2) is 18.2 Å². The summed E-state index contributed by atoms with van der Waals surface area (Å²) in [5, 5.41) is 4.76. The third-order valence-corrected chi connectivity index (χ3v) is 9.34. The lowest BCUT2D eigenvalue weighted by molar-refractivity contribution is -0.132. The van der Waals surface area contributed by atoms with E-state index in [1.807, 2.05) is 14.5 Å². The van der Waals surface area contributed by atoms with Gasteiger partial charge in [-0.05, 0) is 75.0 Å². The summed E-state index contributed by atoms with van der Waals surface area (Å²) in [6.07, 6.45) is 5.92. The van der Waals surface area contributed by atoms with Gasteiger partial charge in [0.2, 0.25) is 5.91 Å². The number of ether oxygens (including phenoxy) is 1. The highest BCUT2D eigenvalue weighted by Gasteiger charge is 2.40. The molecule has 1 spiro atoms. The second-order valence-electron chi connectivity index (χ2n) is 11.5. The molecule has 3 saturated heterocycles. The normalized spacial score (nSPS) is 21.1. The Kier molecular flexibility index (Phi) is 6.47. The van der Waals surface area contributed by atoms with Crippen LogP contribution in [0.1, 0.15) is 58.6 Å². The monoisotopic (exact) mass is 505 g/mol. The Hall–Kier alpha value is -2.87. The summed E-state index contributed by atoms with van der Waals surface area (Å²) < 4.78 is 7.49. The number of fused-ring (bicyclic) bond motifs is 1. The summed E-state index contributed by atoms with van der Waals surface area (Å²) in [6, 6.07) is 6.43. The number of piperazine rings is 1. The molecule has 4 aliphatic rings. The van der Waals surface area contributed by atoms with E-state index in [2.05, 4.69) is 36.9 Å². The number of hydrogen-bond donors (Lipinski definition) is 0. The molecule has 4 heterocycles. The fourth-order valence-corrected chi connectivity index (χ4v) is 6.69. The largest absolute Gasteiger partial charge is 0.381 e. The molecule has 0 N–H and O–H groups in total. The molecule has 2 amide bonds. The first-order valence-electron chi connectivity index (χ1n) is 14.0. The summed E-state index contributed by atoms with van der Waals surface area (Å²) in [6.45, 7) is 10.8. The van der Waals surface area contributed by atoms with E-state index in [1.165, 1.54) is 16.8 Å². The van der Waals surface area contributed by atoms with E-state index < -0.39 is 0 Å². The zero-order chi connectivity index (χ0) is 25.6. The molecule has 0 radical (unpaired) electrons. The number of rotatable bonds is 4. The van der Waals surface area contributed by atoms with Crippen molar-refractivity contribution >= 4 is 17.5 Å². The molecule has 1 aliphatic carbocycles. The summed E-state index contributed by atoms with van der Waals surface area (Å²) in [7, 11) is 0. The predicted octanol–water partition coefficient (Wildman–Crippen LogP) is 2.98. The zero-order valence-electron chi connectivity index (χ0n) is 22.3. The van der Waals surface area contributed by atoms with Crippen LogP contribution < -0.4 is 4.90 Å². The van der Waals surface area contributed by atoms with Gasteiger partial charge in [-0.2, -0.15) is 5.10 Å². The van der Waals surface area contributed by atoms with Gasteiger partial charge >= 0.3 is 0 Å². The van der Waals surface area contributed by atoms with E-state index in [9.17, 15) is 9.59 Å². The van der Waals surface area contributed by atoms with Crippen molar-refractivity contribution in [3.8, 4) is 0 Å². The fraction of sp³-hybridized carbons (Fsp3) is 0.621. The molecular weight excluding hydrogens is 466 g/mol. The van der Waals surface area contributed by atoms with Crippen LogP contribution in [0.4, 0.5) is 5.69 Å². The molecule has 1 aromatic carbocycles. The van der Waals surface area contributed by atoms with Crippen LogP contribution in [0.25, 0.3) is 0 Å². The Morgan fingerprint density at radius 2 is 1.76 bits per heavy atom. The minimum absolute atomic E-state index is 0.0419. The minimum Gasteiger partial charge on any atom is -0.381 e. The molecule has 0 unspecified atom stereocenters. The van der Waals surface area contributed by atoms with Crippen molar-refractivity contribution in [2.45, 2.75) is 58.9 Å². The van der Waals surface area contributed by atoms with Gasteiger partial charge in [-0.1, -0.05) is 12.1 Å². The molecule has 1 aromatic heterocycles. The van der Waals surface area contributed by atoms with Gasteiger partial charge in [-0.3, -0.25) is 14.3 Å². The van der Waals surface area contributed by atoms with E-state index in [4.69, 9.17) is 9.84 Å². The van der Waals surface area contributed by atoms with Gasteiger partial charge in [0, 0.05) is 62.8 Å². The topological polar surface area (TPSA) is 70.9 Å². The molecule has 8 nitrogen and oxygen atoms in total. The van der Waals surface area contributed by atoms with E-state index in [1.54, 1.807) is 0 Å². The Balaban J connectivity index is 1.10. The van der Waals surface area contributed by atoms with Crippen LogP contribution >= 0.6 is 0 Å². The van der Waals surface area contributed by atoms with E-state index in [0.29, 0.717) is 18.8 Å². The zero-order valence-corrected chi connectivity index (χ0v) is 22.3. The Morgan fingerprint density at radius 3 is 2.49 bits per heavy atom. The van der Waals surface area contributed by atoms with Crippen LogP contribution in [-0.2, 0) is 28.9 Å². The molecule has 3 aliphatic heterocycles. The van der Waals surface area contributed by atoms with Crippen molar-refractivity contribution in [2.75, 3.05) is 57.4 Å². The average molecular weight is 506 g/mol. The first-order valence-corrected chi connectivity index (χ1v) is 14.0. The molecule has 198 valence electrons. The quantitative estimate of drug-likeness (QED) is 0.639. The number of benzene rings is 1.